The fourth-order valence-corrected chi connectivity index (χ4v) is 4.30. The Kier molecular flexibility index (Phi) is 7.67. The summed E-state index contributed by atoms with van der Waals surface area (Å²) in [7, 11) is 0. The number of fused-ring (bicyclic) bond motifs is 2. The van der Waals surface area contributed by atoms with E-state index in [2.05, 4.69) is 21.8 Å². The van der Waals surface area contributed by atoms with E-state index in [9.17, 15) is 14.7 Å². The van der Waals surface area contributed by atoms with Gasteiger partial charge in [-0.15, -0.1) is 0 Å². The Hall–Kier alpha value is -4.60. The Bertz CT molecular complexity index is 1420. The Morgan fingerprint density at radius 1 is 1.13 bits per heavy atom. The maximum atomic E-state index is 12.2. The highest BCUT2D eigenvalue weighted by Gasteiger charge is 2.22. The van der Waals surface area contributed by atoms with Crippen molar-refractivity contribution in [3.8, 4) is 5.75 Å². The average Bonchev–Trinajstić information content (AvgIpc) is 3.34. The topological polar surface area (TPSA) is 128 Å². The van der Waals surface area contributed by atoms with E-state index in [1.54, 1.807) is 6.20 Å². The molecule has 38 heavy (non-hydrogen) atoms. The first-order valence-electron chi connectivity index (χ1n) is 12.6. The largest absolute Gasteiger partial charge is 0.493 e. The minimum absolute atomic E-state index is 0.0485. The number of carboxylic acid groups (broad SMARTS) is 1. The molecule has 0 fully saturated rings. The van der Waals surface area contributed by atoms with Crippen LogP contribution >= 0.6 is 0 Å². The lowest BCUT2D eigenvalue weighted by atomic mass is 10.1. The number of ether oxygens (including phenoxy) is 2. The minimum atomic E-state index is -1.21. The Balaban J connectivity index is 1.15. The monoisotopic (exact) mass is 515 g/mol. The highest BCUT2D eigenvalue weighted by atomic mass is 16.5. The molecule has 1 amide bonds. The quantitative estimate of drug-likeness (QED) is 0.291. The van der Waals surface area contributed by atoms with Crippen molar-refractivity contribution >= 4 is 28.8 Å². The second-order valence-electron chi connectivity index (χ2n) is 9.11. The van der Waals surface area contributed by atoms with Crippen LogP contribution in [0.1, 0.15) is 23.2 Å². The molecule has 2 aromatic carbocycles. The molecule has 0 aliphatic carbocycles. The van der Waals surface area contributed by atoms with Gasteiger partial charge in [-0.05, 0) is 48.2 Å². The summed E-state index contributed by atoms with van der Waals surface area (Å²) in [5.74, 6) is 0.475. The first-order chi connectivity index (χ1) is 18.5. The zero-order valence-corrected chi connectivity index (χ0v) is 20.8. The fraction of sp³-hybridized carbons (Fsp3) is 0.286. The van der Waals surface area contributed by atoms with E-state index < -0.39 is 18.1 Å². The zero-order chi connectivity index (χ0) is 26.3. The molecule has 1 aliphatic rings. The second kappa shape index (κ2) is 11.6. The maximum absolute atomic E-state index is 12.2. The first-order valence-corrected chi connectivity index (χ1v) is 12.6. The third-order valence-electron chi connectivity index (χ3n) is 6.27. The molecular formula is C28H29N5O5. The lowest BCUT2D eigenvalue weighted by Crippen LogP contribution is -2.44. The summed E-state index contributed by atoms with van der Waals surface area (Å²) in [6, 6.07) is 17.6. The summed E-state index contributed by atoms with van der Waals surface area (Å²) in [6.45, 7) is 1.42. The summed E-state index contributed by atoms with van der Waals surface area (Å²) >= 11 is 0. The number of aliphatic carboxylic acids is 1. The number of pyridine rings is 1. The number of carbonyl (C=O) groups is 2. The number of amides is 1. The van der Waals surface area contributed by atoms with Crippen molar-refractivity contribution in [1.82, 2.24) is 20.1 Å². The van der Waals surface area contributed by atoms with E-state index in [1.807, 2.05) is 54.6 Å². The lowest BCUT2D eigenvalue weighted by molar-refractivity contribution is -0.139. The molecule has 1 atom stereocenters. The van der Waals surface area contributed by atoms with E-state index in [0.29, 0.717) is 24.3 Å². The van der Waals surface area contributed by atoms with Crippen LogP contribution in [0.2, 0.25) is 0 Å². The van der Waals surface area contributed by atoms with Gasteiger partial charge in [0.25, 0.3) is 0 Å². The number of nitrogens with zero attached hydrogens (tertiary/aromatic N) is 3. The fourth-order valence-electron chi connectivity index (χ4n) is 4.30. The zero-order valence-electron chi connectivity index (χ0n) is 20.8. The molecule has 0 spiro atoms. The van der Waals surface area contributed by atoms with Crippen LogP contribution in [-0.4, -0.2) is 51.1 Å². The molecule has 4 aromatic rings. The molecule has 0 saturated carbocycles. The van der Waals surface area contributed by atoms with Crippen LogP contribution in [0.15, 0.2) is 66.9 Å². The van der Waals surface area contributed by atoms with Crippen LogP contribution in [0.4, 0.5) is 10.6 Å². The van der Waals surface area contributed by atoms with Gasteiger partial charge in [0.15, 0.2) is 0 Å². The number of carbonyl (C=O) groups excluding carboxylic acids is 1. The predicted octanol–water partition coefficient (Wildman–Crippen LogP) is 3.79. The number of hydrogen-bond donors (Lipinski definition) is 3. The number of nitrogens with one attached hydrogen (secondary N) is 2. The van der Waals surface area contributed by atoms with Crippen molar-refractivity contribution in [2.75, 3.05) is 18.5 Å². The van der Waals surface area contributed by atoms with Gasteiger partial charge in [0.05, 0.1) is 18.7 Å². The van der Waals surface area contributed by atoms with Gasteiger partial charge in [-0.2, -0.15) is 5.10 Å². The standard InChI is InChI=1S/C28H29N5O5/c34-27(35)25(31-28(36)38-18-19-5-2-1-3-6-19)17-33-16-21-15-23(10-11-24(21)32-33)37-14-12-22-9-8-20-7-4-13-29-26(20)30-22/h1-3,5-6,8-11,15-16,25H,4,7,12-14,17-18H2,(H,29,30)(H,31,36)(H,34,35)/t25-/m0/s1. The van der Waals surface area contributed by atoms with Crippen LogP contribution in [0.25, 0.3) is 10.9 Å². The van der Waals surface area contributed by atoms with E-state index in [1.165, 1.54) is 10.2 Å². The van der Waals surface area contributed by atoms with Gasteiger partial charge in [-0.25, -0.2) is 14.6 Å². The number of alkyl carbamates (subject to hydrolysis) is 1. The van der Waals surface area contributed by atoms with Gasteiger partial charge in [0.1, 0.15) is 24.2 Å². The van der Waals surface area contributed by atoms with Crippen molar-refractivity contribution in [3.05, 3.63) is 83.7 Å². The molecule has 0 saturated heterocycles. The van der Waals surface area contributed by atoms with Crippen LogP contribution in [-0.2, 0) is 35.5 Å². The highest BCUT2D eigenvalue weighted by Crippen LogP contribution is 2.22. The molecule has 0 bridgehead atoms. The summed E-state index contributed by atoms with van der Waals surface area (Å²) < 4.78 is 12.6. The maximum Gasteiger partial charge on any atom is 0.408 e. The molecule has 10 nitrogen and oxygen atoms in total. The second-order valence-corrected chi connectivity index (χ2v) is 9.11. The van der Waals surface area contributed by atoms with Gasteiger partial charge < -0.3 is 25.2 Å². The molecule has 1 aliphatic heterocycles. The number of hydrogen-bond acceptors (Lipinski definition) is 7. The Morgan fingerprint density at radius 3 is 2.84 bits per heavy atom. The van der Waals surface area contributed by atoms with Crippen molar-refractivity contribution in [2.24, 2.45) is 0 Å². The van der Waals surface area contributed by atoms with Crippen LogP contribution < -0.4 is 15.4 Å². The average molecular weight is 516 g/mol. The smallest absolute Gasteiger partial charge is 0.408 e. The molecule has 3 N–H and O–H groups in total. The predicted molar refractivity (Wildman–Crippen MR) is 141 cm³/mol. The summed E-state index contributed by atoms with van der Waals surface area (Å²) in [6.07, 6.45) is 3.79. The van der Waals surface area contributed by atoms with Crippen molar-refractivity contribution in [3.63, 3.8) is 0 Å². The van der Waals surface area contributed by atoms with Crippen molar-refractivity contribution in [1.29, 1.82) is 0 Å². The van der Waals surface area contributed by atoms with Crippen LogP contribution in [0, 0.1) is 0 Å². The summed E-state index contributed by atoms with van der Waals surface area (Å²) in [4.78, 5) is 28.6. The molecule has 2 aromatic heterocycles. The van der Waals surface area contributed by atoms with Gasteiger partial charge in [-0.1, -0.05) is 36.4 Å². The van der Waals surface area contributed by atoms with E-state index >= 15 is 0 Å². The summed E-state index contributed by atoms with van der Waals surface area (Å²) in [5.41, 5.74) is 3.73. The van der Waals surface area contributed by atoms with Crippen LogP contribution in [0.5, 0.6) is 5.75 Å². The lowest BCUT2D eigenvalue weighted by Gasteiger charge is -2.17. The normalized spacial score (nSPS) is 13.3. The number of carboxylic acids is 1. The first kappa shape index (κ1) is 25.1. The van der Waals surface area contributed by atoms with Crippen LogP contribution in [0.3, 0.4) is 0 Å². The Labute approximate surface area is 219 Å². The number of rotatable bonds is 10. The number of anilines is 1. The SMILES string of the molecule is O=C(N[C@@H](Cn1cc2cc(OCCc3ccc4c(n3)NCCC4)ccc2n1)C(=O)O)OCc1ccccc1. The highest BCUT2D eigenvalue weighted by molar-refractivity contribution is 5.81. The molecule has 0 radical (unpaired) electrons. The van der Waals surface area contributed by atoms with E-state index in [4.69, 9.17) is 14.5 Å². The van der Waals surface area contributed by atoms with E-state index in [0.717, 1.165) is 41.8 Å². The van der Waals surface area contributed by atoms with Gasteiger partial charge in [0.2, 0.25) is 0 Å². The molecule has 196 valence electrons. The van der Waals surface area contributed by atoms with Gasteiger partial charge in [-0.3, -0.25) is 4.68 Å². The van der Waals surface area contributed by atoms with Gasteiger partial charge >= 0.3 is 12.1 Å². The minimum Gasteiger partial charge on any atom is -0.493 e. The molecule has 3 heterocycles. The van der Waals surface area contributed by atoms with Gasteiger partial charge in [0, 0.05) is 30.2 Å². The molecular weight excluding hydrogens is 486 g/mol. The third kappa shape index (κ3) is 6.39. The number of benzene rings is 2. The van der Waals surface area contributed by atoms with Crippen molar-refractivity contribution < 1.29 is 24.2 Å². The Morgan fingerprint density at radius 2 is 2.00 bits per heavy atom. The number of aryl methyl sites for hydroxylation is 1. The number of aromatic nitrogens is 3. The van der Waals surface area contributed by atoms with E-state index in [-0.39, 0.29) is 13.2 Å². The summed E-state index contributed by atoms with van der Waals surface area (Å²) in [5, 5.41) is 20.6. The molecule has 5 rings (SSSR count). The third-order valence-corrected chi connectivity index (χ3v) is 6.27. The molecule has 10 heteroatoms. The van der Waals surface area contributed by atoms with Crippen molar-refractivity contribution in [2.45, 2.75) is 38.5 Å². The molecule has 0 unspecified atom stereocenters.